The maximum Gasteiger partial charge on any atom is 0.0558 e. The van der Waals surface area contributed by atoms with E-state index in [2.05, 4.69) is 0 Å². The topological polar surface area (TPSA) is 47.6 Å². The molecule has 0 N–H and O–H groups in total. The molecule has 0 aliphatic carbocycles. The molecule has 0 aliphatic rings. The van der Waals surface area contributed by atoms with Gasteiger partial charge >= 0.3 is 0 Å². The van der Waals surface area contributed by atoms with E-state index in [0.717, 1.165) is 0 Å². The second kappa shape index (κ2) is 3.95. The van der Waals surface area contributed by atoms with Crippen LogP contribution in [-0.2, 0) is 7.70 Å². The summed E-state index contributed by atoms with van der Waals surface area (Å²) in [5, 5.41) is 8.09. The Morgan fingerprint density at radius 3 is 2.14 bits per heavy atom. The number of nitrogens with zero attached hydrogens (tertiary/aromatic N) is 2. The smallest absolute Gasteiger partial charge is 0.0558 e. The van der Waals surface area contributed by atoms with Crippen molar-refractivity contribution < 1.29 is 0 Å². The minimum Gasteiger partial charge on any atom is -0.419 e. The lowest BCUT2D eigenvalue weighted by molar-refractivity contribution is 1.48. The first-order valence-corrected chi connectivity index (χ1v) is 6.34. The van der Waals surface area contributed by atoms with E-state index in [0.29, 0.717) is 0 Å². The van der Waals surface area contributed by atoms with Crippen molar-refractivity contribution in [1.29, 1.82) is 9.87 Å². The van der Waals surface area contributed by atoms with Gasteiger partial charge in [0.25, 0.3) is 0 Å². The van der Waals surface area contributed by atoms with E-state index in [-0.39, 0.29) is 3.26 Å². The van der Waals surface area contributed by atoms with Gasteiger partial charge in [0, 0.05) is 3.26 Å². The highest BCUT2D eigenvalue weighted by Crippen LogP contribution is 2.08. The fourth-order valence-electron chi connectivity index (χ4n) is 0.0435. The van der Waals surface area contributed by atoms with E-state index in [1.54, 1.807) is 0 Å². The molecule has 1 atom stereocenters. The van der Waals surface area contributed by atoms with Crippen LogP contribution in [0, 0.1) is 15.9 Å². The molecule has 5 heteroatoms. The molecule has 0 bridgehead atoms. The van der Waals surface area contributed by atoms with E-state index in [1.807, 2.05) is 49.9 Å². The Hall–Kier alpha value is 1.01. The van der Waals surface area contributed by atoms with Crippen LogP contribution in [0.4, 0.5) is 0 Å². The van der Waals surface area contributed by atoms with Crippen molar-refractivity contribution in [3.63, 3.8) is 0 Å². The van der Waals surface area contributed by atoms with E-state index < -0.39 is 7.70 Å². The summed E-state index contributed by atoms with van der Waals surface area (Å²) in [5.74, 6) is 0. The van der Waals surface area contributed by atoms with Crippen LogP contribution in [0.1, 0.15) is 0 Å². The highest BCUT2D eigenvalue weighted by molar-refractivity contribution is 14.2. The number of hydrogen-bond donors (Lipinski definition) is 0. The largest absolute Gasteiger partial charge is 0.419 e. The Morgan fingerprint density at radius 2 is 2.14 bits per heavy atom. The Kier molecular flexibility index (Phi) is 4.52. The Labute approximate surface area is 69.9 Å². The van der Waals surface area contributed by atoms with Gasteiger partial charge in [-0.05, 0) is 0 Å². The fourth-order valence-corrected chi connectivity index (χ4v) is 0.472. The van der Waals surface area contributed by atoms with Crippen molar-refractivity contribution in [3.05, 3.63) is 0 Å². The van der Waals surface area contributed by atoms with Gasteiger partial charge in [-0.2, -0.15) is 5.26 Å². The molecule has 1 unspecified atom stereocenters. The average molecular weight is 339 g/mol. The quantitative estimate of drug-likeness (QED) is 0.383. The summed E-state index contributed by atoms with van der Waals surface area (Å²) in [4.78, 5) is 0. The molecule has 7 heavy (non-hydrogen) atoms. The van der Waals surface area contributed by atoms with Crippen LogP contribution in [0.5, 0.6) is 0 Å². The number of rotatable bonds is 0. The summed E-state index contributed by atoms with van der Waals surface area (Å²) in [6, 6.07) is 1.91. The number of alkyl halides is 1. The molecule has 0 fully saturated rings. The minimum atomic E-state index is -0.765. The van der Waals surface area contributed by atoms with Crippen LogP contribution in [0.25, 0.3) is 0 Å². The summed E-state index contributed by atoms with van der Waals surface area (Å²) in [6.07, 6.45) is 0. The zero-order valence-electron chi connectivity index (χ0n) is 3.14. The lowest BCUT2D eigenvalue weighted by atomic mass is 10.9. The van der Waals surface area contributed by atoms with Gasteiger partial charge in [-0.1, -0.05) is 22.6 Å². The Bertz CT molecular complexity index is 151. The molecule has 0 radical (unpaired) electrons. The molecule has 40 valence electrons. The summed E-state index contributed by atoms with van der Waals surface area (Å²) in [5.41, 5.74) is 0. The fraction of sp³-hybridized carbons (Fsp3) is 0.500. The molecule has 0 saturated carbocycles. The van der Waals surface area contributed by atoms with Crippen LogP contribution in [-0.4, -0.2) is 3.26 Å². The summed E-state index contributed by atoms with van der Waals surface area (Å²) >= 11 is 3.71. The summed E-state index contributed by atoms with van der Waals surface area (Å²) < 4.78 is 8.35. The van der Waals surface area contributed by atoms with Gasteiger partial charge in [-0.3, -0.25) is 0 Å². The molecule has 0 aliphatic heterocycles. The monoisotopic (exact) mass is 339 g/mol. The predicted octanol–water partition coefficient (Wildman–Crippen LogP) is 1.72. The minimum absolute atomic E-state index is 0.252. The molecular weight excluding hydrogens is 338 g/mol. The van der Waals surface area contributed by atoms with E-state index in [9.17, 15) is 0 Å². The van der Waals surface area contributed by atoms with Gasteiger partial charge in [-0.25, -0.2) is 28.9 Å². The highest BCUT2D eigenvalue weighted by atomic mass is 127. The van der Waals surface area contributed by atoms with E-state index in [1.165, 1.54) is 0 Å². The van der Waals surface area contributed by atoms with Crippen LogP contribution in [0.15, 0.2) is 0 Å². The van der Waals surface area contributed by atoms with Crippen LogP contribution in [0.3, 0.4) is 0 Å². The third kappa shape index (κ3) is 3.58. The normalized spacial score (nSPS) is 13.3. The van der Waals surface area contributed by atoms with Gasteiger partial charge in [-0.15, -0.1) is 0 Å². The van der Waals surface area contributed by atoms with Crippen molar-refractivity contribution in [2.24, 2.45) is 0 Å². The van der Waals surface area contributed by atoms with E-state index in [4.69, 9.17) is 9.87 Å². The van der Waals surface area contributed by atoms with Crippen molar-refractivity contribution >= 4 is 51.5 Å². The molecule has 0 heterocycles. The standard InChI is InChI=1S/C2HI2N2S/c3-2(1-5)7(4)6/h2H/q-1. The van der Waals surface area contributed by atoms with Crippen LogP contribution >= 0.6 is 43.8 Å². The van der Waals surface area contributed by atoms with Gasteiger partial charge < -0.3 is 4.61 Å². The molecule has 0 saturated heterocycles. The third-order valence-electron chi connectivity index (χ3n) is 0.272. The molecule has 0 aromatic heterocycles. The second-order valence-corrected chi connectivity index (χ2v) is 6.51. The molecule has 0 rings (SSSR count). The summed E-state index contributed by atoms with van der Waals surface area (Å²) in [7, 11) is -0.765. The first-order valence-electron chi connectivity index (χ1n) is 1.30. The van der Waals surface area contributed by atoms with Crippen molar-refractivity contribution in [1.82, 2.24) is 0 Å². The van der Waals surface area contributed by atoms with Crippen molar-refractivity contribution in [2.45, 2.75) is 3.26 Å². The maximum atomic E-state index is 8.61. The van der Waals surface area contributed by atoms with Crippen LogP contribution < -0.4 is 0 Å². The number of hydrogen-bond acceptors (Lipinski definition) is 3. The average Bonchev–Trinajstić information content (AvgIpc) is 1.65. The van der Waals surface area contributed by atoms with Crippen molar-refractivity contribution in [2.75, 3.05) is 0 Å². The maximum absolute atomic E-state index is 8.61. The lowest BCUT2D eigenvalue weighted by Gasteiger charge is -2.00. The van der Waals surface area contributed by atoms with Gasteiger partial charge in [0.2, 0.25) is 0 Å². The summed E-state index contributed by atoms with van der Waals surface area (Å²) in [6.45, 7) is 0. The molecule has 0 spiro atoms. The van der Waals surface area contributed by atoms with E-state index >= 15 is 0 Å². The lowest BCUT2D eigenvalue weighted by Crippen LogP contribution is -1.89. The van der Waals surface area contributed by atoms with Gasteiger partial charge in [0.05, 0.1) is 6.07 Å². The van der Waals surface area contributed by atoms with Gasteiger partial charge in [0.15, 0.2) is 0 Å². The van der Waals surface area contributed by atoms with Crippen molar-refractivity contribution in [3.8, 4) is 6.07 Å². The first-order chi connectivity index (χ1) is 3.18. The molecule has 2 nitrogen and oxygen atoms in total. The Morgan fingerprint density at radius 1 is 1.71 bits per heavy atom. The zero-order valence-corrected chi connectivity index (χ0v) is 8.27. The molecular formula is C2HI2N2S-. The zero-order chi connectivity index (χ0) is 5.86. The van der Waals surface area contributed by atoms with Crippen LogP contribution in [0.2, 0.25) is 0 Å². The molecule has 0 aromatic rings. The molecule has 0 aromatic carbocycles. The predicted molar refractivity (Wildman–Crippen MR) is 46.5 cm³/mol. The highest BCUT2D eigenvalue weighted by Gasteiger charge is 1.86. The first kappa shape index (κ1) is 8.01. The Balaban J connectivity index is 3.72. The second-order valence-electron chi connectivity index (χ2n) is 0.709. The number of nitriles is 1. The third-order valence-corrected chi connectivity index (χ3v) is 6.89. The number of halogens is 2. The molecule has 0 amide bonds. The SMILES string of the molecule is N#CC(I)[S-](#N)I. The van der Waals surface area contributed by atoms with Gasteiger partial charge in [0.1, 0.15) is 0 Å².